The van der Waals surface area contributed by atoms with Gasteiger partial charge >= 0.3 is 0 Å². The summed E-state index contributed by atoms with van der Waals surface area (Å²) in [6.45, 7) is 0. The Morgan fingerprint density at radius 2 is 1.80 bits per heavy atom. The number of aromatic nitrogens is 1. The Bertz CT molecular complexity index is 886. The number of hydrogen-bond donors (Lipinski definition) is 1. The van der Waals surface area contributed by atoms with Gasteiger partial charge < -0.3 is 9.72 Å². The third kappa shape index (κ3) is 1.63. The fraction of sp³-hybridized carbons (Fsp3) is 0.0588. The molecule has 0 saturated carbocycles. The summed E-state index contributed by atoms with van der Waals surface area (Å²) in [6, 6.07) is 16.7. The lowest BCUT2D eigenvalue weighted by molar-refractivity contribution is 0.415. The lowest BCUT2D eigenvalue weighted by Gasteiger charge is -2.01. The van der Waals surface area contributed by atoms with Crippen molar-refractivity contribution in [1.82, 2.24) is 4.98 Å². The average molecular weight is 279 g/mol. The van der Waals surface area contributed by atoms with Gasteiger partial charge in [0.2, 0.25) is 0 Å². The van der Waals surface area contributed by atoms with Gasteiger partial charge in [-0.1, -0.05) is 30.3 Å². The molecule has 0 aliphatic carbocycles. The van der Waals surface area contributed by atoms with E-state index in [4.69, 9.17) is 4.74 Å². The highest BCUT2D eigenvalue weighted by Gasteiger charge is 2.11. The number of methoxy groups -OCH3 is 1. The monoisotopic (exact) mass is 279 g/mol. The predicted octanol–water partition coefficient (Wildman–Crippen LogP) is 5.06. The van der Waals surface area contributed by atoms with E-state index in [9.17, 15) is 0 Å². The second-order valence-corrected chi connectivity index (χ2v) is 5.79. The van der Waals surface area contributed by atoms with Crippen LogP contribution in [0.3, 0.4) is 0 Å². The van der Waals surface area contributed by atoms with Gasteiger partial charge in [0.1, 0.15) is 5.75 Å². The van der Waals surface area contributed by atoms with Crippen molar-refractivity contribution < 1.29 is 4.74 Å². The summed E-state index contributed by atoms with van der Waals surface area (Å²) in [4.78, 5) is 3.42. The van der Waals surface area contributed by atoms with Crippen LogP contribution < -0.4 is 4.74 Å². The number of fused-ring (bicyclic) bond motifs is 3. The van der Waals surface area contributed by atoms with Crippen molar-refractivity contribution in [2.24, 2.45) is 0 Å². The molecule has 98 valence electrons. The van der Waals surface area contributed by atoms with E-state index in [2.05, 4.69) is 47.6 Å². The van der Waals surface area contributed by atoms with Crippen LogP contribution in [0.25, 0.3) is 31.4 Å². The number of H-pyrrole nitrogens is 1. The molecule has 4 aromatic rings. The molecule has 0 unspecified atom stereocenters. The van der Waals surface area contributed by atoms with Crippen LogP contribution in [0.1, 0.15) is 0 Å². The molecule has 3 heteroatoms. The van der Waals surface area contributed by atoms with Crippen LogP contribution in [-0.4, -0.2) is 12.1 Å². The van der Waals surface area contributed by atoms with E-state index in [0.29, 0.717) is 0 Å². The van der Waals surface area contributed by atoms with Crippen LogP contribution >= 0.6 is 11.3 Å². The zero-order valence-electron chi connectivity index (χ0n) is 11.0. The second kappa shape index (κ2) is 4.39. The number of ether oxygens (including phenoxy) is 1. The summed E-state index contributed by atoms with van der Waals surface area (Å²) in [7, 11) is 1.69. The Morgan fingerprint density at radius 1 is 1.00 bits per heavy atom. The number of aromatic amines is 1. The first-order chi connectivity index (χ1) is 9.86. The minimum Gasteiger partial charge on any atom is -0.497 e. The minimum absolute atomic E-state index is 0.886. The molecule has 2 aromatic heterocycles. The highest BCUT2D eigenvalue weighted by Crippen LogP contribution is 2.39. The van der Waals surface area contributed by atoms with Crippen molar-refractivity contribution in [3.05, 3.63) is 54.7 Å². The summed E-state index contributed by atoms with van der Waals surface area (Å²) < 4.78 is 7.86. The van der Waals surface area contributed by atoms with Gasteiger partial charge in [0.05, 0.1) is 17.3 Å². The van der Waals surface area contributed by atoms with Gasteiger partial charge in [0, 0.05) is 21.8 Å². The molecule has 0 amide bonds. The summed E-state index contributed by atoms with van der Waals surface area (Å²) in [5.41, 5.74) is 3.70. The van der Waals surface area contributed by atoms with E-state index in [1.54, 1.807) is 7.11 Å². The first-order valence-electron chi connectivity index (χ1n) is 6.50. The van der Waals surface area contributed by atoms with E-state index in [1.807, 2.05) is 23.5 Å². The molecular formula is C17H13NOS. The van der Waals surface area contributed by atoms with Crippen LogP contribution in [0.5, 0.6) is 5.75 Å². The Morgan fingerprint density at radius 3 is 2.60 bits per heavy atom. The first-order valence-corrected chi connectivity index (χ1v) is 7.31. The van der Waals surface area contributed by atoms with E-state index < -0.39 is 0 Å². The maximum Gasteiger partial charge on any atom is 0.118 e. The van der Waals surface area contributed by atoms with E-state index in [1.165, 1.54) is 31.4 Å². The highest BCUT2D eigenvalue weighted by molar-refractivity contribution is 7.26. The molecule has 0 fully saturated rings. The van der Waals surface area contributed by atoms with Crippen molar-refractivity contribution >= 4 is 31.6 Å². The summed E-state index contributed by atoms with van der Waals surface area (Å²) in [5.74, 6) is 0.886. The van der Waals surface area contributed by atoms with Crippen LogP contribution in [-0.2, 0) is 0 Å². The minimum atomic E-state index is 0.886. The molecule has 0 aliphatic rings. The molecule has 4 rings (SSSR count). The van der Waals surface area contributed by atoms with E-state index >= 15 is 0 Å². The molecule has 2 nitrogen and oxygen atoms in total. The zero-order valence-corrected chi connectivity index (χ0v) is 11.8. The smallest absolute Gasteiger partial charge is 0.118 e. The molecule has 20 heavy (non-hydrogen) atoms. The molecule has 0 spiro atoms. The van der Waals surface area contributed by atoms with E-state index in [0.717, 1.165) is 5.75 Å². The summed E-state index contributed by atoms with van der Waals surface area (Å²) in [6.07, 6.45) is 2.09. The quantitative estimate of drug-likeness (QED) is 0.545. The number of thiophene rings is 1. The zero-order chi connectivity index (χ0) is 13.5. The standard InChI is InChI=1S/C17H13NOS/c1-19-12-8-6-11(7-9-12)14-10-18-16-13-4-2-3-5-15(13)20-17(14)16/h2-10,18H,1H3. The lowest BCUT2D eigenvalue weighted by Crippen LogP contribution is -1.81. The summed E-state index contributed by atoms with van der Waals surface area (Å²) >= 11 is 1.84. The summed E-state index contributed by atoms with van der Waals surface area (Å²) in [5, 5.41) is 1.30. The first kappa shape index (κ1) is 11.6. The van der Waals surface area contributed by atoms with Crippen molar-refractivity contribution in [2.45, 2.75) is 0 Å². The van der Waals surface area contributed by atoms with Gasteiger partial charge in [0.15, 0.2) is 0 Å². The van der Waals surface area contributed by atoms with E-state index in [-0.39, 0.29) is 0 Å². The Labute approximate surface area is 120 Å². The highest BCUT2D eigenvalue weighted by atomic mass is 32.1. The van der Waals surface area contributed by atoms with Crippen LogP contribution in [0.2, 0.25) is 0 Å². The number of nitrogens with one attached hydrogen (secondary N) is 1. The Hall–Kier alpha value is -2.26. The Kier molecular flexibility index (Phi) is 2.54. The third-order valence-corrected chi connectivity index (χ3v) is 4.81. The number of rotatable bonds is 2. The van der Waals surface area contributed by atoms with Crippen LogP contribution in [0.4, 0.5) is 0 Å². The normalized spacial score (nSPS) is 11.2. The molecule has 0 bridgehead atoms. The number of benzene rings is 2. The molecule has 0 atom stereocenters. The Balaban J connectivity index is 1.94. The molecule has 1 N–H and O–H groups in total. The van der Waals surface area contributed by atoms with Gasteiger partial charge in [-0.2, -0.15) is 0 Å². The molecule has 0 radical (unpaired) electrons. The molecular weight excluding hydrogens is 266 g/mol. The largest absolute Gasteiger partial charge is 0.497 e. The average Bonchev–Trinajstić information content (AvgIpc) is 3.06. The van der Waals surface area contributed by atoms with Gasteiger partial charge in [-0.3, -0.25) is 0 Å². The maximum atomic E-state index is 5.22. The fourth-order valence-electron chi connectivity index (χ4n) is 2.57. The second-order valence-electron chi connectivity index (χ2n) is 4.73. The van der Waals surface area contributed by atoms with Gasteiger partial charge in [-0.25, -0.2) is 0 Å². The molecule has 0 aliphatic heterocycles. The SMILES string of the molecule is COc1ccc(-c2c[nH]c3c2sc2ccccc23)cc1. The van der Waals surface area contributed by atoms with Crippen LogP contribution in [0, 0.1) is 0 Å². The van der Waals surface area contributed by atoms with Gasteiger partial charge in [0.25, 0.3) is 0 Å². The van der Waals surface area contributed by atoms with Crippen molar-refractivity contribution in [2.75, 3.05) is 7.11 Å². The van der Waals surface area contributed by atoms with Gasteiger partial charge in [-0.15, -0.1) is 11.3 Å². The van der Waals surface area contributed by atoms with Crippen molar-refractivity contribution in [1.29, 1.82) is 0 Å². The van der Waals surface area contributed by atoms with Gasteiger partial charge in [-0.05, 0) is 23.8 Å². The number of hydrogen-bond acceptors (Lipinski definition) is 2. The fourth-order valence-corrected chi connectivity index (χ4v) is 3.78. The molecule has 2 heterocycles. The lowest BCUT2D eigenvalue weighted by atomic mass is 10.1. The van der Waals surface area contributed by atoms with Crippen molar-refractivity contribution in [3.63, 3.8) is 0 Å². The molecule has 2 aromatic carbocycles. The van der Waals surface area contributed by atoms with Crippen LogP contribution in [0.15, 0.2) is 54.7 Å². The molecule has 0 saturated heterocycles. The maximum absolute atomic E-state index is 5.22. The predicted molar refractivity (Wildman–Crippen MR) is 85.7 cm³/mol. The topological polar surface area (TPSA) is 25.0 Å². The van der Waals surface area contributed by atoms with Crippen molar-refractivity contribution in [3.8, 4) is 16.9 Å². The third-order valence-electron chi connectivity index (χ3n) is 3.60.